The Balaban J connectivity index is 1.33. The molecule has 15 nitrogen and oxygen atoms in total. The molecular weight excluding hydrogens is 564 g/mol. The molecule has 2 aromatic carbocycles. The number of ether oxygens (including phenoxy) is 5. The predicted molar refractivity (Wildman–Crippen MR) is 136 cm³/mol. The van der Waals surface area contributed by atoms with E-state index in [1.807, 2.05) is 0 Å². The SMILES string of the molecule is C[C@@H]1O[C@@H](O[C@@H]2[C@H](O)[C@@H](O)[C@H](Oc3cc(O)c4c(c3)OC(c3ccc(O)cc3)C(O)C4=O)O[C@@H]2CO)[C@H](O)[C@H](O)[C@H]1O. The minimum absolute atomic E-state index is 0.0421. The smallest absolute Gasteiger partial charge is 0.229 e. The second kappa shape index (κ2) is 11.9. The predicted octanol–water partition coefficient (Wildman–Crippen LogP) is -2.19. The van der Waals surface area contributed by atoms with Crippen molar-refractivity contribution in [3.63, 3.8) is 0 Å². The van der Waals surface area contributed by atoms with Gasteiger partial charge >= 0.3 is 0 Å². The lowest BCUT2D eigenvalue weighted by molar-refractivity contribution is -0.349. The largest absolute Gasteiger partial charge is 0.508 e. The van der Waals surface area contributed by atoms with Gasteiger partial charge in [0.15, 0.2) is 18.5 Å². The summed E-state index contributed by atoms with van der Waals surface area (Å²) in [4.78, 5) is 12.9. The van der Waals surface area contributed by atoms with Crippen LogP contribution in [0.2, 0.25) is 0 Å². The van der Waals surface area contributed by atoms with Crippen LogP contribution in [0.3, 0.4) is 0 Å². The average Bonchev–Trinajstić information content (AvgIpc) is 2.96. The molecule has 0 saturated carbocycles. The van der Waals surface area contributed by atoms with Gasteiger partial charge in [-0.05, 0) is 24.6 Å². The quantitative estimate of drug-likeness (QED) is 0.172. The van der Waals surface area contributed by atoms with Crippen molar-refractivity contribution in [2.75, 3.05) is 6.61 Å². The second-order valence-electron chi connectivity index (χ2n) is 10.4. The molecule has 3 aliphatic heterocycles. The highest BCUT2D eigenvalue weighted by Gasteiger charge is 2.50. The third kappa shape index (κ3) is 5.51. The summed E-state index contributed by atoms with van der Waals surface area (Å²) in [5.74, 6) is -1.83. The van der Waals surface area contributed by atoms with Crippen LogP contribution in [0.5, 0.6) is 23.0 Å². The number of ketones is 1. The summed E-state index contributed by atoms with van der Waals surface area (Å²) in [7, 11) is 0. The molecule has 230 valence electrons. The molecule has 12 atom stereocenters. The molecule has 5 rings (SSSR count). The maximum Gasteiger partial charge on any atom is 0.229 e. The molecule has 0 spiro atoms. The molecule has 0 aliphatic carbocycles. The lowest BCUT2D eigenvalue weighted by Crippen LogP contribution is -2.64. The third-order valence-corrected chi connectivity index (χ3v) is 7.50. The summed E-state index contributed by atoms with van der Waals surface area (Å²) in [5.41, 5.74) is 0.0453. The van der Waals surface area contributed by atoms with Crippen molar-refractivity contribution in [2.24, 2.45) is 0 Å². The van der Waals surface area contributed by atoms with E-state index >= 15 is 0 Å². The molecule has 42 heavy (non-hydrogen) atoms. The number of hydrogen-bond donors (Lipinski definition) is 9. The fourth-order valence-electron chi connectivity index (χ4n) is 5.12. The topological polar surface area (TPSA) is 245 Å². The van der Waals surface area contributed by atoms with E-state index in [1.165, 1.54) is 37.3 Å². The Hall–Kier alpha value is -3.09. The van der Waals surface area contributed by atoms with Gasteiger partial charge in [0, 0.05) is 12.1 Å². The molecule has 15 heteroatoms. The van der Waals surface area contributed by atoms with E-state index in [4.69, 9.17) is 23.7 Å². The molecule has 3 aliphatic rings. The number of carbonyl (C=O) groups excluding carboxylic acids is 1. The summed E-state index contributed by atoms with van der Waals surface area (Å²) in [6.07, 6.45) is -18.2. The molecule has 3 heterocycles. The van der Waals surface area contributed by atoms with Crippen molar-refractivity contribution in [1.82, 2.24) is 0 Å². The van der Waals surface area contributed by atoms with E-state index in [2.05, 4.69) is 0 Å². The van der Waals surface area contributed by atoms with E-state index in [-0.39, 0.29) is 22.8 Å². The van der Waals surface area contributed by atoms with Crippen LogP contribution in [0, 0.1) is 0 Å². The first-order valence-corrected chi connectivity index (χ1v) is 13.1. The number of hydrogen-bond acceptors (Lipinski definition) is 15. The van der Waals surface area contributed by atoms with E-state index < -0.39 is 91.8 Å². The zero-order chi connectivity index (χ0) is 30.5. The van der Waals surface area contributed by atoms with Gasteiger partial charge in [-0.2, -0.15) is 0 Å². The Kier molecular flexibility index (Phi) is 8.60. The van der Waals surface area contributed by atoms with E-state index in [9.17, 15) is 50.8 Å². The van der Waals surface area contributed by atoms with Crippen molar-refractivity contribution in [3.05, 3.63) is 47.5 Å². The zero-order valence-corrected chi connectivity index (χ0v) is 22.1. The van der Waals surface area contributed by atoms with Crippen molar-refractivity contribution in [3.8, 4) is 23.0 Å². The van der Waals surface area contributed by atoms with Gasteiger partial charge in [0.25, 0.3) is 0 Å². The number of carbonyl (C=O) groups is 1. The van der Waals surface area contributed by atoms with Crippen molar-refractivity contribution < 1.29 is 74.4 Å². The maximum atomic E-state index is 12.9. The fraction of sp³-hybridized carbons (Fsp3) is 0.519. The number of benzene rings is 2. The minimum atomic E-state index is -1.82. The lowest BCUT2D eigenvalue weighted by Gasteiger charge is -2.45. The Morgan fingerprint density at radius 2 is 1.50 bits per heavy atom. The Labute approximate surface area is 238 Å². The Morgan fingerprint density at radius 1 is 0.833 bits per heavy atom. The normalized spacial score (nSPS) is 38.4. The third-order valence-electron chi connectivity index (χ3n) is 7.50. The van der Waals surface area contributed by atoms with Crippen molar-refractivity contribution >= 4 is 5.78 Å². The van der Waals surface area contributed by atoms with Crippen LogP contribution < -0.4 is 9.47 Å². The number of aliphatic hydroxyl groups is 7. The number of phenols is 2. The fourth-order valence-corrected chi connectivity index (χ4v) is 5.12. The first kappa shape index (κ1) is 30.4. The molecular formula is C27H32O15. The number of aromatic hydroxyl groups is 2. The average molecular weight is 597 g/mol. The highest BCUT2D eigenvalue weighted by molar-refractivity contribution is 6.05. The van der Waals surface area contributed by atoms with Crippen molar-refractivity contribution in [2.45, 2.75) is 80.5 Å². The monoisotopic (exact) mass is 596 g/mol. The van der Waals surface area contributed by atoms with E-state index in [0.29, 0.717) is 5.56 Å². The van der Waals surface area contributed by atoms with Gasteiger partial charge in [0.2, 0.25) is 12.1 Å². The maximum absolute atomic E-state index is 12.9. The van der Waals surface area contributed by atoms with Gasteiger partial charge in [0.1, 0.15) is 71.3 Å². The molecule has 2 saturated heterocycles. The number of aliphatic hydroxyl groups excluding tert-OH is 7. The van der Waals surface area contributed by atoms with Gasteiger partial charge in [-0.15, -0.1) is 0 Å². The van der Waals surface area contributed by atoms with Crippen molar-refractivity contribution in [1.29, 1.82) is 0 Å². The van der Waals surface area contributed by atoms with Gasteiger partial charge in [-0.25, -0.2) is 0 Å². The van der Waals surface area contributed by atoms with Crippen LogP contribution in [0.25, 0.3) is 0 Å². The van der Waals surface area contributed by atoms with Crippen LogP contribution in [-0.4, -0.2) is 126 Å². The standard InChI is InChI=1S/C27H32O15/c1-9-17(31)19(33)22(36)26(38-9)42-25-15(8-28)41-27(23(37)21(25)35)39-12-6-13(30)16-14(7-12)40-24(20(34)18(16)32)10-2-4-11(29)5-3-10/h2-7,9,15,17,19-31,33-37H,8H2,1H3/t9-,15+,17-,19+,20?,21+,22+,23+,24?,25-,26-,27+/m0/s1. The van der Waals surface area contributed by atoms with Crippen LogP contribution >= 0.6 is 0 Å². The summed E-state index contributed by atoms with van der Waals surface area (Å²) >= 11 is 0. The Morgan fingerprint density at radius 3 is 2.17 bits per heavy atom. The van der Waals surface area contributed by atoms with E-state index in [1.54, 1.807) is 0 Å². The highest BCUT2D eigenvalue weighted by Crippen LogP contribution is 2.43. The van der Waals surface area contributed by atoms with Gasteiger partial charge < -0.3 is 69.6 Å². The molecule has 9 N–H and O–H groups in total. The molecule has 0 amide bonds. The second-order valence-corrected chi connectivity index (χ2v) is 10.4. The minimum Gasteiger partial charge on any atom is -0.508 e. The first-order chi connectivity index (χ1) is 19.9. The number of fused-ring (bicyclic) bond motifs is 1. The number of Topliss-reactive ketones (excluding diaryl/α,β-unsaturated/α-hetero) is 1. The number of rotatable bonds is 6. The zero-order valence-electron chi connectivity index (χ0n) is 22.1. The molecule has 0 aromatic heterocycles. The molecule has 2 fully saturated rings. The Bertz CT molecular complexity index is 1270. The summed E-state index contributed by atoms with van der Waals surface area (Å²) in [6.45, 7) is 0.669. The summed E-state index contributed by atoms with van der Waals surface area (Å²) in [5, 5.41) is 92.3. The van der Waals surface area contributed by atoms with Crippen LogP contribution in [0.15, 0.2) is 36.4 Å². The summed E-state index contributed by atoms with van der Waals surface area (Å²) < 4.78 is 28.0. The molecule has 0 bridgehead atoms. The highest BCUT2D eigenvalue weighted by atomic mass is 16.7. The summed E-state index contributed by atoms with van der Waals surface area (Å²) in [6, 6.07) is 7.79. The van der Waals surface area contributed by atoms with Gasteiger partial charge in [-0.3, -0.25) is 4.79 Å². The van der Waals surface area contributed by atoms with E-state index in [0.717, 1.165) is 6.07 Å². The molecule has 0 radical (unpaired) electrons. The molecule has 2 unspecified atom stereocenters. The molecule has 2 aromatic rings. The first-order valence-electron chi connectivity index (χ1n) is 13.1. The number of phenolic OH excluding ortho intramolecular Hbond substituents is 2. The van der Waals surface area contributed by atoms with Gasteiger partial charge in [-0.1, -0.05) is 12.1 Å². The van der Waals surface area contributed by atoms with Gasteiger partial charge in [0.05, 0.1) is 12.7 Å². The van der Waals surface area contributed by atoms with Crippen LogP contribution in [-0.2, 0) is 14.2 Å². The lowest BCUT2D eigenvalue weighted by atomic mass is 9.93. The van der Waals surface area contributed by atoms with Crippen LogP contribution in [0.4, 0.5) is 0 Å². The van der Waals surface area contributed by atoms with Crippen LogP contribution in [0.1, 0.15) is 28.9 Å².